The van der Waals surface area contributed by atoms with Crippen molar-refractivity contribution in [1.82, 2.24) is 15.5 Å². The molecule has 0 bridgehead atoms. The SMILES string of the molecule is O=C(C=C1NCCc2cc3c(cc21)OCO3)c1ccc(=O)[nH]n1. The molecule has 7 nitrogen and oxygen atoms in total. The summed E-state index contributed by atoms with van der Waals surface area (Å²) in [6, 6.07) is 6.51. The second-order valence-corrected chi connectivity index (χ2v) is 5.27. The zero-order valence-corrected chi connectivity index (χ0v) is 12.1. The van der Waals surface area contributed by atoms with Crippen molar-refractivity contribution in [1.29, 1.82) is 0 Å². The molecule has 2 aliphatic heterocycles. The molecule has 0 saturated carbocycles. The molecule has 0 spiro atoms. The number of H-pyrrole nitrogens is 1. The second-order valence-electron chi connectivity index (χ2n) is 5.27. The number of aromatic nitrogens is 2. The van der Waals surface area contributed by atoms with Crippen LogP contribution in [-0.4, -0.2) is 29.3 Å². The predicted octanol–water partition coefficient (Wildman–Crippen LogP) is 0.868. The number of ether oxygens (including phenoxy) is 2. The van der Waals surface area contributed by atoms with Crippen molar-refractivity contribution < 1.29 is 14.3 Å². The lowest BCUT2D eigenvalue weighted by Gasteiger charge is -2.21. The number of hydrogen-bond donors (Lipinski definition) is 2. The standard InChI is InChI=1S/C16H13N3O4/c20-13(11-1-2-16(21)19-18-11)7-12-10-6-15-14(22-8-23-15)5-9(10)3-4-17-12/h1-2,5-7,17H,3-4,8H2,(H,19,21). The molecule has 7 heteroatoms. The van der Waals surface area contributed by atoms with Crippen molar-refractivity contribution in [3.63, 3.8) is 0 Å². The van der Waals surface area contributed by atoms with Crippen molar-refractivity contribution in [2.24, 2.45) is 0 Å². The third-order valence-electron chi connectivity index (χ3n) is 3.81. The summed E-state index contributed by atoms with van der Waals surface area (Å²) in [7, 11) is 0. The quantitative estimate of drug-likeness (QED) is 0.631. The van der Waals surface area contributed by atoms with E-state index in [9.17, 15) is 9.59 Å². The van der Waals surface area contributed by atoms with Gasteiger partial charge in [0.1, 0.15) is 5.69 Å². The lowest BCUT2D eigenvalue weighted by molar-refractivity contribution is 0.104. The van der Waals surface area contributed by atoms with Gasteiger partial charge in [-0.15, -0.1) is 0 Å². The van der Waals surface area contributed by atoms with E-state index < -0.39 is 0 Å². The van der Waals surface area contributed by atoms with E-state index in [-0.39, 0.29) is 23.8 Å². The Morgan fingerprint density at radius 3 is 2.83 bits per heavy atom. The summed E-state index contributed by atoms with van der Waals surface area (Å²) in [6.45, 7) is 0.940. The van der Waals surface area contributed by atoms with Gasteiger partial charge in [-0.3, -0.25) is 9.59 Å². The molecule has 23 heavy (non-hydrogen) atoms. The van der Waals surface area contributed by atoms with Gasteiger partial charge in [0, 0.05) is 29.9 Å². The molecule has 1 aromatic carbocycles. The maximum absolute atomic E-state index is 12.3. The number of fused-ring (bicyclic) bond motifs is 2. The topological polar surface area (TPSA) is 93.3 Å². The van der Waals surface area contributed by atoms with Gasteiger partial charge in [-0.25, -0.2) is 5.10 Å². The van der Waals surface area contributed by atoms with E-state index in [1.807, 2.05) is 12.1 Å². The summed E-state index contributed by atoms with van der Waals surface area (Å²) in [5.41, 5.74) is 2.57. The smallest absolute Gasteiger partial charge is 0.264 e. The van der Waals surface area contributed by atoms with Gasteiger partial charge in [-0.1, -0.05) is 0 Å². The molecule has 0 unspecified atom stereocenters. The number of hydrogen-bond acceptors (Lipinski definition) is 6. The van der Waals surface area contributed by atoms with Gasteiger partial charge in [0.15, 0.2) is 11.5 Å². The van der Waals surface area contributed by atoms with Gasteiger partial charge in [-0.05, 0) is 30.2 Å². The minimum absolute atomic E-state index is 0.187. The number of ketones is 1. The summed E-state index contributed by atoms with van der Waals surface area (Å²) < 4.78 is 10.8. The molecule has 0 saturated heterocycles. The Balaban J connectivity index is 1.72. The molecule has 2 aliphatic rings. The molecular weight excluding hydrogens is 298 g/mol. The number of carbonyl (C=O) groups is 1. The Morgan fingerprint density at radius 2 is 2.04 bits per heavy atom. The van der Waals surface area contributed by atoms with Crippen LogP contribution >= 0.6 is 0 Å². The van der Waals surface area contributed by atoms with E-state index in [2.05, 4.69) is 15.5 Å². The van der Waals surface area contributed by atoms with Gasteiger partial charge < -0.3 is 14.8 Å². The lowest BCUT2D eigenvalue weighted by atomic mass is 9.96. The molecule has 116 valence electrons. The van der Waals surface area contributed by atoms with Crippen molar-refractivity contribution in [3.8, 4) is 11.5 Å². The number of aromatic amines is 1. The molecule has 0 amide bonds. The number of rotatable bonds is 2. The highest BCUT2D eigenvalue weighted by Crippen LogP contribution is 2.37. The van der Waals surface area contributed by atoms with E-state index in [1.165, 1.54) is 18.2 Å². The molecule has 2 N–H and O–H groups in total. The van der Waals surface area contributed by atoms with Gasteiger partial charge in [-0.2, -0.15) is 5.10 Å². The molecule has 0 radical (unpaired) electrons. The van der Waals surface area contributed by atoms with Crippen molar-refractivity contribution >= 4 is 11.5 Å². The summed E-state index contributed by atoms with van der Waals surface area (Å²) >= 11 is 0. The molecule has 0 fully saturated rings. The van der Waals surface area contributed by atoms with Gasteiger partial charge in [0.2, 0.25) is 12.6 Å². The molecule has 4 rings (SSSR count). The highest BCUT2D eigenvalue weighted by atomic mass is 16.7. The van der Waals surface area contributed by atoms with Gasteiger partial charge in [0.25, 0.3) is 5.56 Å². The first kappa shape index (κ1) is 13.6. The number of benzene rings is 1. The van der Waals surface area contributed by atoms with Crippen LogP contribution in [0.1, 0.15) is 21.6 Å². The first-order chi connectivity index (χ1) is 11.2. The van der Waals surface area contributed by atoms with Crippen LogP contribution in [-0.2, 0) is 6.42 Å². The molecule has 0 aliphatic carbocycles. The fourth-order valence-corrected chi connectivity index (χ4v) is 2.68. The van der Waals surface area contributed by atoms with Crippen LogP contribution in [0.5, 0.6) is 11.5 Å². The van der Waals surface area contributed by atoms with E-state index in [4.69, 9.17) is 9.47 Å². The maximum Gasteiger partial charge on any atom is 0.264 e. The highest BCUT2D eigenvalue weighted by Gasteiger charge is 2.22. The molecule has 1 aromatic heterocycles. The average molecular weight is 311 g/mol. The van der Waals surface area contributed by atoms with Crippen molar-refractivity contribution in [3.05, 3.63) is 57.5 Å². The van der Waals surface area contributed by atoms with E-state index in [0.717, 1.165) is 29.8 Å². The first-order valence-corrected chi connectivity index (χ1v) is 7.19. The van der Waals surface area contributed by atoms with Crippen LogP contribution in [0.15, 0.2) is 35.1 Å². The second kappa shape index (κ2) is 5.28. The highest BCUT2D eigenvalue weighted by molar-refractivity contribution is 6.07. The molecule has 3 heterocycles. The third kappa shape index (κ3) is 2.46. The Kier molecular flexibility index (Phi) is 3.11. The fourth-order valence-electron chi connectivity index (χ4n) is 2.68. The van der Waals surface area contributed by atoms with Crippen LogP contribution in [0, 0.1) is 0 Å². The first-order valence-electron chi connectivity index (χ1n) is 7.19. The Labute approximate surface area is 130 Å². The van der Waals surface area contributed by atoms with E-state index >= 15 is 0 Å². The van der Waals surface area contributed by atoms with E-state index in [0.29, 0.717) is 11.4 Å². The minimum Gasteiger partial charge on any atom is -0.454 e. The van der Waals surface area contributed by atoms with Crippen molar-refractivity contribution in [2.45, 2.75) is 6.42 Å². The summed E-state index contributed by atoms with van der Waals surface area (Å²) in [5, 5.41) is 9.23. The number of nitrogens with zero attached hydrogens (tertiary/aromatic N) is 1. The summed E-state index contributed by atoms with van der Waals surface area (Å²) in [4.78, 5) is 23.3. The van der Waals surface area contributed by atoms with E-state index in [1.54, 1.807) is 0 Å². The summed E-state index contributed by atoms with van der Waals surface area (Å²) in [6.07, 6.45) is 2.33. The Bertz CT molecular complexity index is 865. The minimum atomic E-state index is -0.344. The van der Waals surface area contributed by atoms with Crippen molar-refractivity contribution in [2.75, 3.05) is 13.3 Å². The van der Waals surface area contributed by atoms with Crippen LogP contribution in [0.2, 0.25) is 0 Å². The van der Waals surface area contributed by atoms with Gasteiger partial charge in [0.05, 0.1) is 0 Å². The number of carbonyl (C=O) groups excluding carboxylic acids is 1. The third-order valence-corrected chi connectivity index (χ3v) is 3.81. The molecular formula is C16H13N3O4. The summed E-state index contributed by atoms with van der Waals surface area (Å²) in [5.74, 6) is 1.13. The van der Waals surface area contributed by atoms with Crippen LogP contribution in [0.25, 0.3) is 5.70 Å². The Hall–Kier alpha value is -3.09. The van der Waals surface area contributed by atoms with Crippen LogP contribution < -0.4 is 20.3 Å². The molecule has 2 aromatic rings. The largest absolute Gasteiger partial charge is 0.454 e. The van der Waals surface area contributed by atoms with Crippen LogP contribution in [0.4, 0.5) is 0 Å². The van der Waals surface area contributed by atoms with Crippen LogP contribution in [0.3, 0.4) is 0 Å². The molecule has 0 atom stereocenters. The van der Waals surface area contributed by atoms with Gasteiger partial charge >= 0.3 is 0 Å². The fraction of sp³-hybridized carbons (Fsp3) is 0.188. The lowest BCUT2D eigenvalue weighted by Crippen LogP contribution is -2.23. The Morgan fingerprint density at radius 1 is 1.22 bits per heavy atom. The maximum atomic E-state index is 12.3. The zero-order chi connectivity index (χ0) is 15.8. The predicted molar refractivity (Wildman–Crippen MR) is 81.4 cm³/mol. The monoisotopic (exact) mass is 311 g/mol. The number of nitrogens with one attached hydrogen (secondary N) is 2. The average Bonchev–Trinajstić information content (AvgIpc) is 3.01. The zero-order valence-electron chi connectivity index (χ0n) is 12.1. The number of allylic oxidation sites excluding steroid dienone is 1. The normalized spacial score (nSPS) is 16.8.